The van der Waals surface area contributed by atoms with Gasteiger partial charge in [-0.05, 0) is 88.3 Å². The number of aliphatic hydroxyl groups is 2. The first-order valence-corrected chi connectivity index (χ1v) is 13.6. The van der Waals surface area contributed by atoms with Gasteiger partial charge in [0, 0.05) is 12.5 Å². The maximum absolute atomic E-state index is 12.2. The zero-order valence-electron chi connectivity index (χ0n) is 23.0. The Morgan fingerprint density at radius 3 is 2.63 bits per heavy atom. The van der Waals surface area contributed by atoms with E-state index in [0.29, 0.717) is 19.3 Å². The van der Waals surface area contributed by atoms with Gasteiger partial charge in [-0.1, -0.05) is 0 Å². The van der Waals surface area contributed by atoms with Gasteiger partial charge in [0.25, 0.3) is 0 Å². The zero-order valence-corrected chi connectivity index (χ0v) is 23.0. The van der Waals surface area contributed by atoms with Crippen LogP contribution in [0.15, 0.2) is 24.0 Å². The Morgan fingerprint density at radius 2 is 1.92 bits per heavy atom. The highest BCUT2D eigenvalue weighted by Gasteiger charge is 2.57. The van der Waals surface area contributed by atoms with Crippen LogP contribution in [0.2, 0.25) is 0 Å². The standard InChI is InChI=1S/C29H41NO8/c1-27(2,32)8-5-9-28(33,16-24(31)35-4)17-36-26-23(34-3)15-29-10-6-11-30(29)12-7-19-13-21-22(38-18-37-21)14-20(19)25(26)29/h13-15,25-26,32-33H,5-12,16-18H2,1-4H3/t25-,26-,28-,29+/m1/s1. The molecule has 3 heterocycles. The summed E-state index contributed by atoms with van der Waals surface area (Å²) in [6.45, 7) is 5.55. The lowest BCUT2D eigenvalue weighted by atomic mass is 9.77. The molecule has 0 unspecified atom stereocenters. The Bertz CT molecular complexity index is 1080. The lowest BCUT2D eigenvalue weighted by Gasteiger charge is -2.40. The molecule has 5 rings (SSSR count). The van der Waals surface area contributed by atoms with Crippen LogP contribution in [0.5, 0.6) is 11.5 Å². The van der Waals surface area contributed by atoms with Crippen molar-refractivity contribution >= 4 is 5.97 Å². The Balaban J connectivity index is 1.46. The number of nitrogens with zero attached hydrogens (tertiary/aromatic N) is 1. The first-order chi connectivity index (χ1) is 18.1. The van der Waals surface area contributed by atoms with Crippen LogP contribution >= 0.6 is 0 Å². The zero-order chi connectivity index (χ0) is 27.1. The summed E-state index contributed by atoms with van der Waals surface area (Å²) in [6.07, 6.45) is 5.87. The minimum absolute atomic E-state index is 0.0637. The molecule has 0 aromatic heterocycles. The number of hydrogen-bond acceptors (Lipinski definition) is 9. The first-order valence-electron chi connectivity index (χ1n) is 13.6. The maximum atomic E-state index is 12.2. The van der Waals surface area contributed by atoms with E-state index in [2.05, 4.69) is 23.1 Å². The van der Waals surface area contributed by atoms with E-state index in [1.54, 1.807) is 21.0 Å². The van der Waals surface area contributed by atoms with Crippen molar-refractivity contribution in [1.82, 2.24) is 4.90 Å². The quantitative estimate of drug-likeness (QED) is 0.441. The molecular weight excluding hydrogens is 490 g/mol. The minimum atomic E-state index is -1.44. The van der Waals surface area contributed by atoms with Crippen molar-refractivity contribution < 1.29 is 38.7 Å². The largest absolute Gasteiger partial charge is 0.499 e. The number of carbonyl (C=O) groups is 1. The van der Waals surface area contributed by atoms with Crippen molar-refractivity contribution in [3.8, 4) is 11.5 Å². The van der Waals surface area contributed by atoms with Crippen LogP contribution in [0.25, 0.3) is 0 Å². The van der Waals surface area contributed by atoms with Crippen LogP contribution in [0.3, 0.4) is 0 Å². The van der Waals surface area contributed by atoms with Crippen molar-refractivity contribution in [3.63, 3.8) is 0 Å². The fourth-order valence-corrected chi connectivity index (χ4v) is 6.79. The van der Waals surface area contributed by atoms with Crippen molar-refractivity contribution in [1.29, 1.82) is 0 Å². The van der Waals surface area contributed by atoms with E-state index in [0.717, 1.165) is 55.2 Å². The minimum Gasteiger partial charge on any atom is -0.499 e. The molecule has 3 aliphatic heterocycles. The summed E-state index contributed by atoms with van der Waals surface area (Å²) in [5.41, 5.74) is -0.187. The number of benzene rings is 1. The molecule has 1 aliphatic carbocycles. The molecule has 1 spiro atoms. The van der Waals surface area contributed by atoms with Gasteiger partial charge in [0.1, 0.15) is 11.9 Å². The van der Waals surface area contributed by atoms with E-state index in [1.165, 1.54) is 12.7 Å². The Hall–Kier alpha value is -2.33. The molecular formula is C29H41NO8. The van der Waals surface area contributed by atoms with E-state index >= 15 is 0 Å². The van der Waals surface area contributed by atoms with E-state index in [1.807, 2.05) is 0 Å². The molecule has 4 aliphatic rings. The van der Waals surface area contributed by atoms with E-state index < -0.39 is 23.3 Å². The monoisotopic (exact) mass is 531 g/mol. The number of esters is 1. The molecule has 1 aromatic carbocycles. The van der Waals surface area contributed by atoms with Crippen LogP contribution in [0, 0.1) is 0 Å². The van der Waals surface area contributed by atoms with E-state index in [9.17, 15) is 15.0 Å². The fraction of sp³-hybridized carbons (Fsp3) is 0.690. The van der Waals surface area contributed by atoms with Crippen molar-refractivity contribution in [2.75, 3.05) is 40.7 Å². The van der Waals surface area contributed by atoms with Crippen LogP contribution in [0.1, 0.15) is 69.4 Å². The van der Waals surface area contributed by atoms with Crippen LogP contribution in [-0.4, -0.2) is 84.6 Å². The lowest BCUT2D eigenvalue weighted by molar-refractivity contribution is -0.152. The lowest BCUT2D eigenvalue weighted by Crippen LogP contribution is -2.48. The third-order valence-corrected chi connectivity index (χ3v) is 8.63. The van der Waals surface area contributed by atoms with E-state index in [4.69, 9.17) is 23.7 Å². The van der Waals surface area contributed by atoms with Crippen molar-refractivity contribution in [3.05, 3.63) is 35.1 Å². The highest BCUT2D eigenvalue weighted by molar-refractivity contribution is 5.70. The molecule has 1 fully saturated rings. The Morgan fingerprint density at radius 1 is 1.16 bits per heavy atom. The smallest absolute Gasteiger partial charge is 0.308 e. The Labute approximate surface area is 224 Å². The number of carbonyl (C=O) groups excluding carboxylic acids is 1. The molecule has 1 saturated heterocycles. The molecule has 0 saturated carbocycles. The normalized spacial score (nSPS) is 27.6. The molecule has 0 bridgehead atoms. The summed E-state index contributed by atoms with van der Waals surface area (Å²) >= 11 is 0. The molecule has 38 heavy (non-hydrogen) atoms. The van der Waals surface area contributed by atoms with Gasteiger partial charge in [-0.15, -0.1) is 0 Å². The molecule has 9 nitrogen and oxygen atoms in total. The number of fused-ring (bicyclic) bond motifs is 3. The SMILES string of the molecule is COC(=O)C[C@](O)(CCCC(C)(C)O)CO[C@@H]1C(OC)=C[C@]23CCCN2CCc2cc4c(cc2[C@H]13)OCO4. The second-order valence-electron chi connectivity index (χ2n) is 11.8. The molecule has 1 aromatic rings. The number of rotatable bonds is 10. The number of hydrogen-bond donors (Lipinski definition) is 2. The average Bonchev–Trinajstić information content (AvgIpc) is 3.55. The molecule has 0 amide bonds. The van der Waals surface area contributed by atoms with Gasteiger partial charge in [0.2, 0.25) is 6.79 Å². The summed E-state index contributed by atoms with van der Waals surface area (Å²) in [5.74, 6) is 1.69. The van der Waals surface area contributed by atoms with Crippen LogP contribution in [0.4, 0.5) is 0 Å². The van der Waals surface area contributed by atoms with Crippen LogP contribution in [-0.2, 0) is 25.4 Å². The summed E-state index contributed by atoms with van der Waals surface area (Å²) in [7, 11) is 2.97. The maximum Gasteiger partial charge on any atom is 0.308 e. The summed E-state index contributed by atoms with van der Waals surface area (Å²) in [4.78, 5) is 14.8. The molecule has 4 atom stereocenters. The summed E-state index contributed by atoms with van der Waals surface area (Å²) in [6, 6.07) is 4.19. The van der Waals surface area contributed by atoms with Gasteiger partial charge in [-0.3, -0.25) is 9.69 Å². The highest BCUT2D eigenvalue weighted by Crippen LogP contribution is 2.55. The second kappa shape index (κ2) is 10.3. The highest BCUT2D eigenvalue weighted by atomic mass is 16.7. The topological polar surface area (TPSA) is 107 Å². The third-order valence-electron chi connectivity index (χ3n) is 8.63. The van der Waals surface area contributed by atoms with Gasteiger partial charge in [0.05, 0.1) is 44.0 Å². The predicted molar refractivity (Wildman–Crippen MR) is 139 cm³/mol. The summed E-state index contributed by atoms with van der Waals surface area (Å²) < 4.78 is 28.8. The molecule has 9 heteroatoms. The first kappa shape index (κ1) is 27.2. The third kappa shape index (κ3) is 5.13. The van der Waals surface area contributed by atoms with Crippen molar-refractivity contribution in [2.24, 2.45) is 0 Å². The summed E-state index contributed by atoms with van der Waals surface area (Å²) in [5, 5.41) is 21.7. The van der Waals surface area contributed by atoms with E-state index in [-0.39, 0.29) is 31.3 Å². The van der Waals surface area contributed by atoms with Gasteiger partial charge in [-0.25, -0.2) is 0 Å². The van der Waals surface area contributed by atoms with Crippen molar-refractivity contribution in [2.45, 2.75) is 87.6 Å². The molecule has 0 radical (unpaired) electrons. The molecule has 210 valence electrons. The average molecular weight is 532 g/mol. The number of ether oxygens (including phenoxy) is 5. The van der Waals surface area contributed by atoms with Gasteiger partial charge in [0.15, 0.2) is 11.5 Å². The number of methoxy groups -OCH3 is 2. The fourth-order valence-electron chi connectivity index (χ4n) is 6.79. The van der Waals surface area contributed by atoms with Crippen LogP contribution < -0.4 is 9.47 Å². The second-order valence-corrected chi connectivity index (χ2v) is 11.8. The predicted octanol–water partition coefficient (Wildman–Crippen LogP) is 3.05. The Kier molecular flexibility index (Phi) is 7.41. The van der Waals surface area contributed by atoms with Gasteiger partial charge < -0.3 is 33.9 Å². The van der Waals surface area contributed by atoms with Gasteiger partial charge >= 0.3 is 5.97 Å². The van der Waals surface area contributed by atoms with Gasteiger partial charge in [-0.2, -0.15) is 0 Å². The molecule has 2 N–H and O–H groups in total.